The number of benzene rings is 2. The molecule has 0 atom stereocenters. The van der Waals surface area contributed by atoms with Crippen molar-refractivity contribution < 1.29 is 27.3 Å². The van der Waals surface area contributed by atoms with Gasteiger partial charge in [0.25, 0.3) is 10.0 Å². The summed E-state index contributed by atoms with van der Waals surface area (Å²) in [4.78, 5) is 23.9. The molecule has 1 aromatic heterocycles. The minimum absolute atomic E-state index is 0.00550. The molecule has 10 nitrogen and oxygen atoms in total. The first-order valence-electron chi connectivity index (χ1n) is 11.1. The Hall–Kier alpha value is -3.77. The van der Waals surface area contributed by atoms with Crippen molar-refractivity contribution in [2.24, 2.45) is 0 Å². The third kappa shape index (κ3) is 8.78. The highest BCUT2D eigenvalue weighted by molar-refractivity contribution is 7.92. The summed E-state index contributed by atoms with van der Waals surface area (Å²) < 4.78 is 37.2. The molecule has 3 rings (SSSR count). The molecule has 190 valence electrons. The molecule has 0 bridgehead atoms. The molecule has 36 heavy (non-hydrogen) atoms. The summed E-state index contributed by atoms with van der Waals surface area (Å²) in [6.07, 6.45) is 1.36. The number of aryl methyl sites for hydroxylation is 2. The van der Waals surface area contributed by atoms with Gasteiger partial charge in [0.2, 0.25) is 5.91 Å². The van der Waals surface area contributed by atoms with Gasteiger partial charge < -0.3 is 19.9 Å². The fourth-order valence-electron chi connectivity index (χ4n) is 3.07. The number of rotatable bonds is 11. The van der Waals surface area contributed by atoms with E-state index in [2.05, 4.69) is 20.5 Å². The van der Waals surface area contributed by atoms with Crippen LogP contribution in [0.5, 0.6) is 0 Å². The van der Waals surface area contributed by atoms with Gasteiger partial charge in [-0.15, -0.1) is 0 Å². The van der Waals surface area contributed by atoms with Crippen molar-refractivity contribution in [1.82, 2.24) is 10.5 Å². The Kier molecular flexibility index (Phi) is 9.53. The van der Waals surface area contributed by atoms with E-state index in [4.69, 9.17) is 21.5 Å². The van der Waals surface area contributed by atoms with Crippen LogP contribution in [0.15, 0.2) is 70.1 Å². The zero-order chi connectivity index (χ0) is 26.0. The molecule has 0 spiro atoms. The average molecular weight is 531 g/mol. The number of hydrogen-bond acceptors (Lipinski definition) is 8. The number of nitrogens with zero attached hydrogens (tertiary/aromatic N) is 1. The molecular weight excluding hydrogens is 504 g/mol. The smallest absolute Gasteiger partial charge is 0.306 e. The van der Waals surface area contributed by atoms with E-state index in [1.807, 2.05) is 30.3 Å². The SMILES string of the molecule is Cc1cc(NS(=O)(=O)c2ccc(NC(=S)NC(=O)CCC(=O)OCCCc3ccccc3)cc2)no1. The lowest BCUT2D eigenvalue weighted by Gasteiger charge is -2.11. The summed E-state index contributed by atoms with van der Waals surface area (Å²) >= 11 is 5.11. The lowest BCUT2D eigenvalue weighted by atomic mass is 10.1. The van der Waals surface area contributed by atoms with Crippen LogP contribution in [0, 0.1) is 6.92 Å². The van der Waals surface area contributed by atoms with Gasteiger partial charge in [-0.05, 0) is 61.8 Å². The molecule has 3 N–H and O–H groups in total. The molecule has 2 aromatic carbocycles. The van der Waals surface area contributed by atoms with Gasteiger partial charge in [0, 0.05) is 18.2 Å². The molecule has 0 saturated carbocycles. The van der Waals surface area contributed by atoms with E-state index in [0.29, 0.717) is 17.9 Å². The van der Waals surface area contributed by atoms with Crippen LogP contribution in [0.4, 0.5) is 11.5 Å². The van der Waals surface area contributed by atoms with Gasteiger partial charge in [0.05, 0.1) is 17.9 Å². The fraction of sp³-hybridized carbons (Fsp3) is 0.250. The van der Waals surface area contributed by atoms with E-state index >= 15 is 0 Å². The molecule has 0 saturated heterocycles. The van der Waals surface area contributed by atoms with E-state index in [1.165, 1.54) is 35.9 Å². The first-order valence-corrected chi connectivity index (χ1v) is 13.0. The van der Waals surface area contributed by atoms with E-state index in [0.717, 1.165) is 6.42 Å². The molecule has 12 heteroatoms. The van der Waals surface area contributed by atoms with E-state index < -0.39 is 21.9 Å². The lowest BCUT2D eigenvalue weighted by molar-refractivity contribution is -0.145. The molecule has 0 aliphatic carbocycles. The summed E-state index contributed by atoms with van der Waals surface area (Å²) in [5.74, 6) is -0.350. The summed E-state index contributed by atoms with van der Waals surface area (Å²) in [5.41, 5.74) is 1.64. The van der Waals surface area contributed by atoms with Gasteiger partial charge in [0.1, 0.15) is 5.76 Å². The summed E-state index contributed by atoms with van der Waals surface area (Å²) in [6, 6.07) is 17.1. The Labute approximate surface area is 214 Å². The fourth-order valence-corrected chi connectivity index (χ4v) is 4.29. The van der Waals surface area contributed by atoms with E-state index in [9.17, 15) is 18.0 Å². The number of hydrogen-bond donors (Lipinski definition) is 3. The third-order valence-electron chi connectivity index (χ3n) is 4.81. The second kappa shape index (κ2) is 12.8. The van der Waals surface area contributed by atoms with Gasteiger partial charge in [0.15, 0.2) is 10.9 Å². The monoisotopic (exact) mass is 530 g/mol. The largest absolute Gasteiger partial charge is 0.466 e. The number of carbonyl (C=O) groups excluding carboxylic acids is 2. The first-order chi connectivity index (χ1) is 17.2. The van der Waals surface area contributed by atoms with Crippen LogP contribution in [-0.4, -0.2) is 37.2 Å². The van der Waals surface area contributed by atoms with Crippen molar-refractivity contribution in [2.75, 3.05) is 16.6 Å². The molecule has 3 aromatic rings. The maximum Gasteiger partial charge on any atom is 0.306 e. The van der Waals surface area contributed by atoms with Crippen molar-refractivity contribution in [3.63, 3.8) is 0 Å². The Morgan fingerprint density at radius 3 is 2.44 bits per heavy atom. The molecule has 0 fully saturated rings. The van der Waals surface area contributed by atoms with Gasteiger partial charge in [-0.25, -0.2) is 8.42 Å². The maximum atomic E-state index is 12.4. The number of ether oxygens (including phenoxy) is 1. The highest BCUT2D eigenvalue weighted by atomic mass is 32.2. The molecule has 0 unspecified atom stereocenters. The third-order valence-corrected chi connectivity index (χ3v) is 6.39. The topological polar surface area (TPSA) is 140 Å². The minimum atomic E-state index is -3.85. The van der Waals surface area contributed by atoms with Crippen LogP contribution < -0.4 is 15.4 Å². The van der Waals surface area contributed by atoms with Crippen molar-refractivity contribution in [2.45, 2.75) is 37.5 Å². The first kappa shape index (κ1) is 26.8. The number of anilines is 2. The van der Waals surface area contributed by atoms with Crippen molar-refractivity contribution in [3.05, 3.63) is 72.0 Å². The van der Waals surface area contributed by atoms with Crippen LogP contribution in [0.3, 0.4) is 0 Å². The highest BCUT2D eigenvalue weighted by Gasteiger charge is 2.16. The minimum Gasteiger partial charge on any atom is -0.466 e. The van der Waals surface area contributed by atoms with Crippen LogP contribution >= 0.6 is 12.2 Å². The van der Waals surface area contributed by atoms with Crippen molar-refractivity contribution >= 4 is 50.7 Å². The Balaban J connectivity index is 1.36. The highest BCUT2D eigenvalue weighted by Crippen LogP contribution is 2.18. The predicted molar refractivity (Wildman–Crippen MR) is 138 cm³/mol. The lowest BCUT2D eigenvalue weighted by Crippen LogP contribution is -2.34. The standard InChI is InChI=1S/C24H26N4O6S2/c1-17-16-21(27-34-17)28-36(31,32)20-11-9-19(10-12-20)25-24(35)26-22(29)13-14-23(30)33-15-5-8-18-6-3-2-4-7-18/h2-4,6-7,9-12,16H,5,8,13-15H2,1H3,(H,27,28)(H2,25,26,29,35). The second-order valence-corrected chi connectivity index (χ2v) is 9.86. The Morgan fingerprint density at radius 2 is 1.78 bits per heavy atom. The number of sulfonamides is 1. The van der Waals surface area contributed by atoms with Gasteiger partial charge >= 0.3 is 5.97 Å². The molecule has 1 heterocycles. The zero-order valence-corrected chi connectivity index (χ0v) is 21.2. The van der Waals surface area contributed by atoms with E-state index in [-0.39, 0.29) is 35.3 Å². The van der Waals surface area contributed by atoms with Crippen LogP contribution in [0.2, 0.25) is 0 Å². The number of esters is 1. The Bertz CT molecular complexity index is 1290. The molecule has 0 aliphatic heterocycles. The van der Waals surface area contributed by atoms with Crippen LogP contribution in [0.1, 0.15) is 30.6 Å². The molecular formula is C24H26N4O6S2. The van der Waals surface area contributed by atoms with Gasteiger partial charge in [-0.2, -0.15) is 0 Å². The molecule has 0 radical (unpaired) electrons. The maximum absolute atomic E-state index is 12.4. The average Bonchev–Trinajstić information content (AvgIpc) is 3.25. The number of nitrogens with one attached hydrogen (secondary N) is 3. The quantitative estimate of drug-likeness (QED) is 0.193. The number of carbonyl (C=O) groups is 2. The second-order valence-electron chi connectivity index (χ2n) is 7.76. The van der Waals surface area contributed by atoms with Gasteiger partial charge in [-0.1, -0.05) is 35.5 Å². The van der Waals surface area contributed by atoms with Crippen LogP contribution in [0.25, 0.3) is 0 Å². The number of amides is 1. The van der Waals surface area contributed by atoms with Crippen LogP contribution in [-0.2, 0) is 30.8 Å². The summed E-state index contributed by atoms with van der Waals surface area (Å²) in [6.45, 7) is 1.93. The van der Waals surface area contributed by atoms with E-state index in [1.54, 1.807) is 6.92 Å². The van der Waals surface area contributed by atoms with Crippen molar-refractivity contribution in [3.8, 4) is 0 Å². The normalized spacial score (nSPS) is 10.9. The predicted octanol–water partition coefficient (Wildman–Crippen LogP) is 3.55. The summed E-state index contributed by atoms with van der Waals surface area (Å²) in [7, 11) is -3.85. The molecule has 1 amide bonds. The zero-order valence-electron chi connectivity index (χ0n) is 19.5. The van der Waals surface area contributed by atoms with Gasteiger partial charge in [-0.3, -0.25) is 14.3 Å². The number of aromatic nitrogens is 1. The number of thiocarbonyl (C=S) groups is 1. The Morgan fingerprint density at radius 1 is 1.06 bits per heavy atom. The van der Waals surface area contributed by atoms with Crippen molar-refractivity contribution in [1.29, 1.82) is 0 Å². The summed E-state index contributed by atoms with van der Waals surface area (Å²) in [5, 5.41) is 8.89. The molecule has 0 aliphatic rings.